The molecule has 2 aromatic rings. The van der Waals surface area contributed by atoms with E-state index in [9.17, 15) is 4.79 Å². The Hall–Kier alpha value is -1.82. The van der Waals surface area contributed by atoms with Crippen LogP contribution in [0, 0.1) is 11.8 Å². The van der Waals surface area contributed by atoms with Gasteiger partial charge in [0, 0.05) is 11.5 Å². The van der Waals surface area contributed by atoms with E-state index in [1.165, 1.54) is 11.3 Å². The Morgan fingerprint density at radius 2 is 2.41 bits per heavy atom. The lowest BCUT2D eigenvalue weighted by molar-refractivity contribution is 0.103. The Balaban J connectivity index is 2.07. The van der Waals surface area contributed by atoms with Gasteiger partial charge < -0.3 is 5.11 Å². The lowest BCUT2D eigenvalue weighted by atomic mass is 10.4. The zero-order valence-electron chi connectivity index (χ0n) is 8.38. The molecule has 0 atom stereocenters. The normalized spacial score (nSPS) is 9.47. The van der Waals surface area contributed by atoms with Gasteiger partial charge in [-0.2, -0.15) is 0 Å². The maximum atomic E-state index is 11.7. The number of carbonyl (C=O) groups excluding carboxylic acids is 1. The first-order valence-electron chi connectivity index (χ1n) is 4.45. The predicted octanol–water partition coefficient (Wildman–Crippen LogP) is 0.591. The number of anilines is 1. The van der Waals surface area contributed by atoms with Gasteiger partial charge in [0.05, 0.1) is 9.75 Å². The monoisotopic (exact) mass is 266 g/mol. The average Bonchev–Trinajstić information content (AvgIpc) is 2.96. The van der Waals surface area contributed by atoms with Crippen LogP contribution in [0.4, 0.5) is 5.13 Å². The van der Waals surface area contributed by atoms with E-state index in [1.54, 1.807) is 12.1 Å². The maximum absolute atomic E-state index is 11.7. The van der Waals surface area contributed by atoms with Gasteiger partial charge in [0.2, 0.25) is 5.13 Å². The van der Waals surface area contributed by atoms with E-state index in [2.05, 4.69) is 32.0 Å². The van der Waals surface area contributed by atoms with Crippen LogP contribution in [-0.4, -0.2) is 32.4 Å². The summed E-state index contributed by atoms with van der Waals surface area (Å²) in [6, 6.07) is 3.39. The van der Waals surface area contributed by atoms with Gasteiger partial charge in [0.25, 0.3) is 5.91 Å². The van der Waals surface area contributed by atoms with Crippen LogP contribution in [0.5, 0.6) is 0 Å². The van der Waals surface area contributed by atoms with Crippen molar-refractivity contribution in [2.45, 2.75) is 0 Å². The third kappa shape index (κ3) is 3.07. The van der Waals surface area contributed by atoms with Crippen LogP contribution in [0.15, 0.2) is 12.1 Å². The fourth-order valence-electron chi connectivity index (χ4n) is 0.994. The molecule has 17 heavy (non-hydrogen) atoms. The van der Waals surface area contributed by atoms with E-state index < -0.39 is 0 Å². The van der Waals surface area contributed by atoms with Crippen molar-refractivity contribution in [3.05, 3.63) is 21.9 Å². The highest BCUT2D eigenvalue weighted by Gasteiger charge is 2.10. The molecule has 8 heteroatoms. The minimum atomic E-state index is -0.273. The Labute approximate surface area is 104 Å². The second-order valence-corrected chi connectivity index (χ2v) is 4.56. The minimum Gasteiger partial charge on any atom is -0.384 e. The summed E-state index contributed by atoms with van der Waals surface area (Å²) in [7, 11) is 0. The maximum Gasteiger partial charge on any atom is 0.267 e. The summed E-state index contributed by atoms with van der Waals surface area (Å²) in [6.07, 6.45) is 0. The summed E-state index contributed by atoms with van der Waals surface area (Å²) < 4.78 is 3.53. The molecule has 0 aliphatic carbocycles. The number of amides is 1. The third-order valence-corrected chi connectivity index (χ3v) is 3.15. The molecule has 0 saturated carbocycles. The fraction of sp³-hybridized carbons (Fsp3) is 0.111. The topological polar surface area (TPSA) is 88.0 Å². The highest BCUT2D eigenvalue weighted by atomic mass is 32.1. The zero-order chi connectivity index (χ0) is 12.1. The van der Waals surface area contributed by atoms with Crippen molar-refractivity contribution >= 4 is 33.9 Å². The van der Waals surface area contributed by atoms with Crippen LogP contribution in [0.25, 0.3) is 0 Å². The van der Waals surface area contributed by atoms with E-state index in [-0.39, 0.29) is 12.5 Å². The number of hydrogen-bond acceptors (Lipinski definition) is 7. The smallest absolute Gasteiger partial charge is 0.267 e. The average molecular weight is 266 g/mol. The Morgan fingerprint density at radius 3 is 3.12 bits per heavy atom. The van der Waals surface area contributed by atoms with Gasteiger partial charge >= 0.3 is 0 Å². The van der Waals surface area contributed by atoms with Crippen LogP contribution < -0.4 is 5.32 Å². The number of aliphatic hydroxyl groups excluding tert-OH is 1. The first-order chi connectivity index (χ1) is 8.29. The largest absolute Gasteiger partial charge is 0.384 e. The van der Waals surface area contributed by atoms with Crippen LogP contribution in [0.3, 0.4) is 0 Å². The van der Waals surface area contributed by atoms with Gasteiger partial charge in [-0.25, -0.2) is 0 Å². The summed E-state index contributed by atoms with van der Waals surface area (Å²) in [4.78, 5) is 13.0. The molecule has 2 N–H and O–H groups in total. The highest BCUT2D eigenvalue weighted by Crippen LogP contribution is 2.17. The predicted molar refractivity (Wildman–Crippen MR) is 63.9 cm³/mol. The van der Waals surface area contributed by atoms with Gasteiger partial charge in [0.1, 0.15) is 6.61 Å². The van der Waals surface area contributed by atoms with Gasteiger partial charge in [0.15, 0.2) is 0 Å². The molecule has 2 aromatic heterocycles. The molecule has 2 rings (SSSR count). The number of nitrogens with one attached hydrogen (secondary N) is 1. The Morgan fingerprint density at radius 1 is 1.53 bits per heavy atom. The molecule has 2 heterocycles. The molecular weight excluding hydrogens is 260 g/mol. The van der Waals surface area contributed by atoms with Crippen molar-refractivity contribution in [1.29, 1.82) is 0 Å². The van der Waals surface area contributed by atoms with Gasteiger partial charge in [-0.15, -0.1) is 11.3 Å². The third-order valence-electron chi connectivity index (χ3n) is 1.64. The molecule has 1 amide bonds. The summed E-state index contributed by atoms with van der Waals surface area (Å²) in [5.41, 5.74) is 0. The number of hydrogen-bond donors (Lipinski definition) is 2. The first kappa shape index (κ1) is 11.7. The molecule has 0 fully saturated rings. The minimum absolute atomic E-state index is 0.199. The van der Waals surface area contributed by atoms with Crippen LogP contribution >= 0.6 is 22.9 Å². The van der Waals surface area contributed by atoms with E-state index in [4.69, 9.17) is 5.11 Å². The number of aromatic nitrogens is 3. The molecular formula is C9H6N4O2S2. The second kappa shape index (κ2) is 5.49. The molecule has 86 valence electrons. The van der Waals surface area contributed by atoms with Crippen LogP contribution in [-0.2, 0) is 0 Å². The lowest BCUT2D eigenvalue weighted by Gasteiger charge is -1.95. The molecule has 0 radical (unpaired) electrons. The van der Waals surface area contributed by atoms with E-state index in [0.717, 1.165) is 16.4 Å². The number of thiophene rings is 1. The van der Waals surface area contributed by atoms with Crippen molar-refractivity contribution in [2.75, 3.05) is 11.9 Å². The van der Waals surface area contributed by atoms with Crippen molar-refractivity contribution in [1.82, 2.24) is 14.8 Å². The summed E-state index contributed by atoms with van der Waals surface area (Å²) in [5.74, 6) is 4.97. The number of aliphatic hydroxyl groups is 1. The summed E-state index contributed by atoms with van der Waals surface area (Å²) in [5, 5.41) is 18.4. The molecule has 0 unspecified atom stereocenters. The van der Waals surface area contributed by atoms with E-state index in [1.807, 2.05) is 0 Å². The quantitative estimate of drug-likeness (QED) is 0.777. The van der Waals surface area contributed by atoms with Gasteiger partial charge in [-0.05, 0) is 17.3 Å². The van der Waals surface area contributed by atoms with Crippen LogP contribution in [0.1, 0.15) is 14.5 Å². The van der Waals surface area contributed by atoms with Crippen molar-refractivity contribution in [3.8, 4) is 11.8 Å². The molecule has 0 aliphatic rings. The van der Waals surface area contributed by atoms with Crippen molar-refractivity contribution in [2.24, 2.45) is 0 Å². The second-order valence-electron chi connectivity index (χ2n) is 2.75. The molecule has 0 spiro atoms. The Kier molecular flexibility index (Phi) is 3.77. The summed E-state index contributed by atoms with van der Waals surface area (Å²) in [6.45, 7) is -0.199. The van der Waals surface area contributed by atoms with Gasteiger partial charge in [-0.3, -0.25) is 10.1 Å². The highest BCUT2D eigenvalue weighted by molar-refractivity contribution is 7.15. The number of nitrogens with zero attached hydrogens (tertiary/aromatic N) is 3. The van der Waals surface area contributed by atoms with Gasteiger partial charge in [-0.1, -0.05) is 21.4 Å². The fourth-order valence-corrected chi connectivity index (χ4v) is 2.13. The molecule has 0 aliphatic heterocycles. The summed E-state index contributed by atoms with van der Waals surface area (Å²) >= 11 is 2.25. The van der Waals surface area contributed by atoms with Crippen molar-refractivity contribution < 1.29 is 9.90 Å². The molecule has 0 aromatic carbocycles. The molecule has 0 bridgehead atoms. The SMILES string of the molecule is O=C(Nc1nnns1)c1ccc(C#CCO)s1. The number of carbonyl (C=O) groups is 1. The van der Waals surface area contributed by atoms with Crippen molar-refractivity contribution in [3.63, 3.8) is 0 Å². The van der Waals surface area contributed by atoms with E-state index in [0.29, 0.717) is 10.0 Å². The van der Waals surface area contributed by atoms with E-state index >= 15 is 0 Å². The Bertz CT molecular complexity index is 567. The standard InChI is InChI=1S/C9H6N4O2S2/c14-5-1-2-6-3-4-7(16-6)8(15)10-9-11-12-13-17-9/h3-4,14H,5H2,(H,10,11,13,15). The molecule has 0 saturated heterocycles. The first-order valence-corrected chi connectivity index (χ1v) is 6.04. The zero-order valence-corrected chi connectivity index (χ0v) is 10.0. The lowest BCUT2D eigenvalue weighted by Crippen LogP contribution is -2.09. The molecule has 6 nitrogen and oxygen atoms in total. The number of rotatable bonds is 2. The van der Waals surface area contributed by atoms with Crippen LogP contribution in [0.2, 0.25) is 0 Å².